The molecule has 1 amide bonds. The maximum atomic E-state index is 12.2. The molecule has 7 nitrogen and oxygen atoms in total. The molecule has 1 aromatic heterocycles. The number of aromatic nitrogens is 2. The second-order valence-electron chi connectivity index (χ2n) is 5.55. The van der Waals surface area contributed by atoms with E-state index in [2.05, 4.69) is 20.6 Å². The van der Waals surface area contributed by atoms with Gasteiger partial charge in [0, 0.05) is 37.6 Å². The number of Topliss-reactive ketones (excluding diaryl/α,β-unsaturated/α-hetero) is 1. The SMILES string of the molecule is COCCCNC(=O)c1cc(Nc2cccc(C(C)=O)c2)nc(C)n1. The zero-order valence-electron chi connectivity index (χ0n) is 14.6. The summed E-state index contributed by atoms with van der Waals surface area (Å²) in [5.41, 5.74) is 1.61. The second-order valence-corrected chi connectivity index (χ2v) is 5.55. The van der Waals surface area contributed by atoms with E-state index < -0.39 is 0 Å². The van der Waals surface area contributed by atoms with Crippen molar-refractivity contribution in [2.24, 2.45) is 0 Å². The Hall–Kier alpha value is -2.80. The van der Waals surface area contributed by atoms with Crippen molar-refractivity contribution < 1.29 is 14.3 Å². The van der Waals surface area contributed by atoms with E-state index >= 15 is 0 Å². The monoisotopic (exact) mass is 342 g/mol. The van der Waals surface area contributed by atoms with Crippen LogP contribution in [0.4, 0.5) is 11.5 Å². The van der Waals surface area contributed by atoms with Crippen LogP contribution in [0.15, 0.2) is 30.3 Å². The predicted molar refractivity (Wildman–Crippen MR) is 95.3 cm³/mol. The number of hydrogen-bond donors (Lipinski definition) is 2. The van der Waals surface area contributed by atoms with Gasteiger partial charge in [-0.2, -0.15) is 0 Å². The fraction of sp³-hybridized carbons (Fsp3) is 0.333. The number of rotatable bonds is 8. The van der Waals surface area contributed by atoms with E-state index in [4.69, 9.17) is 4.74 Å². The Kier molecular flexibility index (Phi) is 6.59. The minimum Gasteiger partial charge on any atom is -0.385 e. The molecule has 0 saturated heterocycles. The van der Waals surface area contributed by atoms with Crippen LogP contribution in [0, 0.1) is 6.92 Å². The molecule has 2 rings (SSSR count). The molecular formula is C18H22N4O3. The van der Waals surface area contributed by atoms with Gasteiger partial charge in [0.2, 0.25) is 0 Å². The van der Waals surface area contributed by atoms with E-state index in [0.29, 0.717) is 30.4 Å². The molecule has 7 heteroatoms. The van der Waals surface area contributed by atoms with Crippen molar-refractivity contribution in [3.63, 3.8) is 0 Å². The highest BCUT2D eigenvalue weighted by Crippen LogP contribution is 2.17. The second kappa shape index (κ2) is 8.89. The number of nitrogens with one attached hydrogen (secondary N) is 2. The first-order chi connectivity index (χ1) is 12.0. The highest BCUT2D eigenvalue weighted by Gasteiger charge is 2.10. The largest absolute Gasteiger partial charge is 0.385 e. The minimum absolute atomic E-state index is 0.0151. The third-order valence-electron chi connectivity index (χ3n) is 3.42. The molecule has 0 aliphatic heterocycles. The summed E-state index contributed by atoms with van der Waals surface area (Å²) >= 11 is 0. The Morgan fingerprint density at radius 1 is 1.20 bits per heavy atom. The van der Waals surface area contributed by atoms with Crippen molar-refractivity contribution in [1.82, 2.24) is 15.3 Å². The third-order valence-corrected chi connectivity index (χ3v) is 3.42. The van der Waals surface area contributed by atoms with Crippen molar-refractivity contribution in [3.8, 4) is 0 Å². The van der Waals surface area contributed by atoms with Crippen molar-refractivity contribution >= 4 is 23.2 Å². The maximum absolute atomic E-state index is 12.2. The molecule has 1 heterocycles. The van der Waals surface area contributed by atoms with Crippen LogP contribution in [0.1, 0.15) is 40.0 Å². The number of hydrogen-bond acceptors (Lipinski definition) is 6. The summed E-state index contributed by atoms with van der Waals surface area (Å²) in [6.07, 6.45) is 0.731. The van der Waals surface area contributed by atoms with Gasteiger partial charge in [-0.05, 0) is 32.4 Å². The molecule has 0 aliphatic carbocycles. The summed E-state index contributed by atoms with van der Waals surface area (Å²) in [6.45, 7) is 4.33. The smallest absolute Gasteiger partial charge is 0.270 e. The van der Waals surface area contributed by atoms with Crippen LogP contribution in [0.25, 0.3) is 0 Å². The van der Waals surface area contributed by atoms with Crippen molar-refractivity contribution in [3.05, 3.63) is 47.4 Å². The lowest BCUT2D eigenvalue weighted by Gasteiger charge is -2.10. The van der Waals surface area contributed by atoms with Gasteiger partial charge < -0.3 is 15.4 Å². The number of nitrogens with zero attached hydrogens (tertiary/aromatic N) is 2. The maximum Gasteiger partial charge on any atom is 0.270 e. The normalized spacial score (nSPS) is 10.4. The minimum atomic E-state index is -0.262. The molecular weight excluding hydrogens is 320 g/mol. The van der Waals surface area contributed by atoms with Gasteiger partial charge in [0.1, 0.15) is 17.3 Å². The van der Waals surface area contributed by atoms with E-state index in [1.807, 2.05) is 6.07 Å². The number of amides is 1. The van der Waals surface area contributed by atoms with Crippen LogP contribution in [-0.2, 0) is 4.74 Å². The fourth-order valence-electron chi connectivity index (χ4n) is 2.22. The standard InChI is InChI=1S/C18H22N4O3/c1-12(23)14-6-4-7-15(10-14)22-17-11-16(20-13(2)21-17)18(24)19-8-5-9-25-3/h4,6-7,10-11H,5,8-9H2,1-3H3,(H,19,24)(H,20,21,22). The number of carbonyl (C=O) groups is 2. The number of carbonyl (C=O) groups excluding carboxylic acids is 2. The Labute approximate surface area is 146 Å². The number of benzene rings is 1. The molecule has 0 atom stereocenters. The molecule has 25 heavy (non-hydrogen) atoms. The lowest BCUT2D eigenvalue weighted by molar-refractivity contribution is 0.0942. The van der Waals surface area contributed by atoms with Gasteiger partial charge in [-0.1, -0.05) is 12.1 Å². The van der Waals surface area contributed by atoms with Crippen LogP contribution in [0.2, 0.25) is 0 Å². The van der Waals surface area contributed by atoms with Crippen LogP contribution in [0.5, 0.6) is 0 Å². The van der Waals surface area contributed by atoms with Gasteiger partial charge in [0.05, 0.1) is 0 Å². The zero-order valence-corrected chi connectivity index (χ0v) is 14.6. The molecule has 2 N–H and O–H groups in total. The zero-order chi connectivity index (χ0) is 18.2. The lowest BCUT2D eigenvalue weighted by atomic mass is 10.1. The summed E-state index contributed by atoms with van der Waals surface area (Å²) in [6, 6.07) is 8.69. The van der Waals surface area contributed by atoms with Crippen molar-refractivity contribution in [2.45, 2.75) is 20.3 Å². The summed E-state index contributed by atoms with van der Waals surface area (Å²) in [7, 11) is 1.62. The number of aryl methyl sites for hydroxylation is 1. The number of methoxy groups -OCH3 is 1. The Bertz CT molecular complexity index is 762. The summed E-state index contributed by atoms with van der Waals surface area (Å²) < 4.78 is 4.95. The van der Waals surface area contributed by atoms with Crippen molar-refractivity contribution in [1.29, 1.82) is 0 Å². The average molecular weight is 342 g/mol. The first-order valence-corrected chi connectivity index (χ1v) is 8.00. The van der Waals surface area contributed by atoms with Gasteiger partial charge >= 0.3 is 0 Å². The topological polar surface area (TPSA) is 93.2 Å². The molecule has 2 aromatic rings. The fourth-order valence-corrected chi connectivity index (χ4v) is 2.22. The summed E-state index contributed by atoms with van der Waals surface area (Å²) in [4.78, 5) is 32.1. The van der Waals surface area contributed by atoms with E-state index in [9.17, 15) is 9.59 Å². The van der Waals surface area contributed by atoms with E-state index in [0.717, 1.165) is 12.1 Å². The van der Waals surface area contributed by atoms with E-state index in [-0.39, 0.29) is 17.4 Å². The number of anilines is 2. The third kappa shape index (κ3) is 5.65. The molecule has 132 valence electrons. The highest BCUT2D eigenvalue weighted by atomic mass is 16.5. The molecule has 0 spiro atoms. The summed E-state index contributed by atoms with van der Waals surface area (Å²) in [5, 5.41) is 5.90. The Morgan fingerprint density at radius 3 is 2.72 bits per heavy atom. The Balaban J connectivity index is 2.11. The van der Waals surface area contributed by atoms with Gasteiger partial charge in [-0.3, -0.25) is 9.59 Å². The van der Waals surface area contributed by atoms with E-state index in [1.165, 1.54) is 6.92 Å². The van der Waals surface area contributed by atoms with Crippen LogP contribution < -0.4 is 10.6 Å². The van der Waals surface area contributed by atoms with Crippen LogP contribution in [0.3, 0.4) is 0 Å². The number of ketones is 1. The quantitative estimate of drug-likeness (QED) is 0.565. The summed E-state index contributed by atoms with van der Waals surface area (Å²) in [5.74, 6) is 0.700. The predicted octanol–water partition coefficient (Wildman–Crippen LogP) is 2.50. The van der Waals surface area contributed by atoms with Crippen molar-refractivity contribution in [2.75, 3.05) is 25.6 Å². The first kappa shape index (κ1) is 18.5. The van der Waals surface area contributed by atoms with Gasteiger partial charge in [-0.15, -0.1) is 0 Å². The van der Waals surface area contributed by atoms with Crippen LogP contribution in [-0.4, -0.2) is 41.9 Å². The first-order valence-electron chi connectivity index (χ1n) is 8.00. The van der Waals surface area contributed by atoms with Gasteiger partial charge in [0.15, 0.2) is 5.78 Å². The van der Waals surface area contributed by atoms with E-state index in [1.54, 1.807) is 38.3 Å². The molecule has 0 bridgehead atoms. The Morgan fingerprint density at radius 2 is 2.00 bits per heavy atom. The van der Waals surface area contributed by atoms with Gasteiger partial charge in [0.25, 0.3) is 5.91 Å². The molecule has 0 fully saturated rings. The van der Waals surface area contributed by atoms with Crippen LogP contribution >= 0.6 is 0 Å². The lowest BCUT2D eigenvalue weighted by Crippen LogP contribution is -2.26. The molecule has 0 radical (unpaired) electrons. The molecule has 0 aliphatic rings. The highest BCUT2D eigenvalue weighted by molar-refractivity contribution is 5.95. The average Bonchev–Trinajstić information content (AvgIpc) is 2.58. The molecule has 1 aromatic carbocycles. The van der Waals surface area contributed by atoms with Gasteiger partial charge in [-0.25, -0.2) is 9.97 Å². The molecule has 0 unspecified atom stereocenters. The molecule has 0 saturated carbocycles. The number of ether oxygens (including phenoxy) is 1.